The first kappa shape index (κ1) is 15.9. The Balaban J connectivity index is 4.33. The van der Waals surface area contributed by atoms with E-state index < -0.39 is 0 Å². The number of rotatable bonds is 8. The summed E-state index contributed by atoms with van der Waals surface area (Å²) in [5.41, 5.74) is 0. The lowest BCUT2D eigenvalue weighted by molar-refractivity contribution is -0.147. The molecule has 4 heteroatoms. The molecule has 0 bridgehead atoms. The maximum absolute atomic E-state index is 11.4. The molecule has 0 aliphatic carbocycles. The van der Waals surface area contributed by atoms with Gasteiger partial charge in [0.2, 0.25) is 0 Å². The van der Waals surface area contributed by atoms with Gasteiger partial charge in [-0.15, -0.1) is 0 Å². The van der Waals surface area contributed by atoms with Crippen LogP contribution in [0.2, 0.25) is 0 Å². The molecule has 0 fully saturated rings. The van der Waals surface area contributed by atoms with E-state index in [-0.39, 0.29) is 17.9 Å². The molecule has 0 saturated carbocycles. The smallest absolute Gasteiger partial charge is 0.306 e. The quantitative estimate of drug-likeness (QED) is 0.616. The summed E-state index contributed by atoms with van der Waals surface area (Å²) in [5, 5.41) is 0. The van der Waals surface area contributed by atoms with Crippen molar-refractivity contribution in [3.63, 3.8) is 0 Å². The predicted molar refractivity (Wildman–Crippen MR) is 65.4 cm³/mol. The molecule has 0 aromatic rings. The van der Waals surface area contributed by atoms with Gasteiger partial charge >= 0.3 is 11.9 Å². The molecule has 0 aromatic carbocycles. The van der Waals surface area contributed by atoms with Crippen molar-refractivity contribution in [3.05, 3.63) is 0 Å². The van der Waals surface area contributed by atoms with Crippen LogP contribution >= 0.6 is 0 Å². The van der Waals surface area contributed by atoms with Gasteiger partial charge in [0, 0.05) is 12.8 Å². The van der Waals surface area contributed by atoms with Crippen molar-refractivity contribution in [1.29, 1.82) is 0 Å². The number of esters is 2. The average Bonchev–Trinajstić information content (AvgIpc) is 2.27. The maximum Gasteiger partial charge on any atom is 0.306 e. The SMILES string of the molecule is CCOC(=O)CC(CC(=O)OCC)C(C)CC. The summed E-state index contributed by atoms with van der Waals surface area (Å²) in [6, 6.07) is 0. The Labute approximate surface area is 104 Å². The van der Waals surface area contributed by atoms with E-state index in [1.807, 2.05) is 13.8 Å². The lowest BCUT2D eigenvalue weighted by Gasteiger charge is -2.21. The lowest BCUT2D eigenvalue weighted by Crippen LogP contribution is -2.21. The van der Waals surface area contributed by atoms with E-state index in [1.165, 1.54) is 0 Å². The van der Waals surface area contributed by atoms with Crippen LogP contribution in [0, 0.1) is 11.8 Å². The molecule has 0 radical (unpaired) electrons. The van der Waals surface area contributed by atoms with Crippen LogP contribution in [0.5, 0.6) is 0 Å². The zero-order chi connectivity index (χ0) is 13.3. The molecular weight excluding hydrogens is 220 g/mol. The van der Waals surface area contributed by atoms with Gasteiger partial charge in [0.05, 0.1) is 13.2 Å². The zero-order valence-electron chi connectivity index (χ0n) is 11.3. The van der Waals surface area contributed by atoms with Crippen molar-refractivity contribution >= 4 is 11.9 Å². The van der Waals surface area contributed by atoms with Crippen LogP contribution < -0.4 is 0 Å². The second-order valence-corrected chi connectivity index (χ2v) is 4.16. The van der Waals surface area contributed by atoms with Gasteiger partial charge in [-0.1, -0.05) is 20.3 Å². The summed E-state index contributed by atoms with van der Waals surface area (Å²) in [4.78, 5) is 22.9. The molecule has 0 rings (SSSR count). The van der Waals surface area contributed by atoms with Gasteiger partial charge in [-0.05, 0) is 25.7 Å². The van der Waals surface area contributed by atoms with Crippen LogP contribution in [0.25, 0.3) is 0 Å². The fourth-order valence-electron chi connectivity index (χ4n) is 1.68. The van der Waals surface area contributed by atoms with E-state index in [4.69, 9.17) is 9.47 Å². The van der Waals surface area contributed by atoms with Crippen LogP contribution in [-0.2, 0) is 19.1 Å². The first-order valence-corrected chi connectivity index (χ1v) is 6.36. The van der Waals surface area contributed by atoms with E-state index in [2.05, 4.69) is 0 Å². The lowest BCUT2D eigenvalue weighted by atomic mass is 9.86. The van der Waals surface area contributed by atoms with Crippen LogP contribution in [-0.4, -0.2) is 25.2 Å². The second kappa shape index (κ2) is 9.02. The van der Waals surface area contributed by atoms with Gasteiger partial charge in [0.25, 0.3) is 0 Å². The number of hydrogen-bond donors (Lipinski definition) is 0. The third kappa shape index (κ3) is 6.97. The summed E-state index contributed by atoms with van der Waals surface area (Å²) >= 11 is 0. The van der Waals surface area contributed by atoms with E-state index >= 15 is 0 Å². The Kier molecular flexibility index (Phi) is 8.46. The van der Waals surface area contributed by atoms with Gasteiger partial charge < -0.3 is 9.47 Å². The highest BCUT2D eigenvalue weighted by atomic mass is 16.5. The topological polar surface area (TPSA) is 52.6 Å². The van der Waals surface area contributed by atoms with Gasteiger partial charge in [-0.3, -0.25) is 9.59 Å². The Morgan fingerprint density at radius 3 is 1.65 bits per heavy atom. The van der Waals surface area contributed by atoms with Gasteiger partial charge in [-0.25, -0.2) is 0 Å². The van der Waals surface area contributed by atoms with Crippen LogP contribution in [0.1, 0.15) is 47.0 Å². The molecule has 17 heavy (non-hydrogen) atoms. The standard InChI is InChI=1S/C13H24O4/c1-5-10(4)11(8-12(14)16-6-2)9-13(15)17-7-3/h10-11H,5-9H2,1-4H3. The molecule has 100 valence electrons. The van der Waals surface area contributed by atoms with E-state index in [0.29, 0.717) is 32.0 Å². The van der Waals surface area contributed by atoms with Crippen LogP contribution in [0.15, 0.2) is 0 Å². The molecule has 0 spiro atoms. The molecule has 4 nitrogen and oxygen atoms in total. The minimum atomic E-state index is -0.234. The molecule has 0 aliphatic rings. The summed E-state index contributed by atoms with van der Waals surface area (Å²) in [5.74, 6) is -0.147. The first-order valence-electron chi connectivity index (χ1n) is 6.36. The molecule has 1 atom stereocenters. The van der Waals surface area contributed by atoms with Crippen molar-refractivity contribution < 1.29 is 19.1 Å². The Bertz CT molecular complexity index is 218. The fraction of sp³-hybridized carbons (Fsp3) is 0.846. The zero-order valence-corrected chi connectivity index (χ0v) is 11.3. The second-order valence-electron chi connectivity index (χ2n) is 4.16. The van der Waals surface area contributed by atoms with E-state index in [9.17, 15) is 9.59 Å². The Hall–Kier alpha value is -1.06. The third-order valence-electron chi connectivity index (χ3n) is 2.92. The Morgan fingerprint density at radius 2 is 1.35 bits per heavy atom. The molecule has 0 saturated heterocycles. The molecule has 0 N–H and O–H groups in total. The summed E-state index contributed by atoms with van der Waals surface area (Å²) < 4.78 is 9.84. The molecule has 0 heterocycles. The average molecular weight is 244 g/mol. The maximum atomic E-state index is 11.4. The summed E-state index contributed by atoms with van der Waals surface area (Å²) in [6.45, 7) is 8.41. The monoisotopic (exact) mass is 244 g/mol. The molecule has 0 amide bonds. The Morgan fingerprint density at radius 1 is 0.941 bits per heavy atom. The highest BCUT2D eigenvalue weighted by Crippen LogP contribution is 2.23. The first-order chi connectivity index (χ1) is 8.04. The third-order valence-corrected chi connectivity index (χ3v) is 2.92. The highest BCUT2D eigenvalue weighted by molar-refractivity contribution is 5.73. The minimum Gasteiger partial charge on any atom is -0.466 e. The van der Waals surface area contributed by atoms with E-state index in [1.54, 1.807) is 13.8 Å². The van der Waals surface area contributed by atoms with Crippen molar-refractivity contribution in [3.8, 4) is 0 Å². The van der Waals surface area contributed by atoms with E-state index in [0.717, 1.165) is 6.42 Å². The normalized spacial score (nSPS) is 12.3. The van der Waals surface area contributed by atoms with Gasteiger partial charge in [0.15, 0.2) is 0 Å². The number of ether oxygens (including phenoxy) is 2. The molecule has 0 aliphatic heterocycles. The number of carbonyl (C=O) groups excluding carboxylic acids is 2. The van der Waals surface area contributed by atoms with Crippen molar-refractivity contribution in [2.45, 2.75) is 47.0 Å². The molecular formula is C13H24O4. The number of hydrogen-bond acceptors (Lipinski definition) is 4. The number of carbonyl (C=O) groups is 2. The van der Waals surface area contributed by atoms with Crippen molar-refractivity contribution in [1.82, 2.24) is 0 Å². The molecule has 1 unspecified atom stereocenters. The van der Waals surface area contributed by atoms with Crippen LogP contribution in [0.4, 0.5) is 0 Å². The summed E-state index contributed by atoms with van der Waals surface area (Å²) in [6.07, 6.45) is 1.52. The highest BCUT2D eigenvalue weighted by Gasteiger charge is 2.23. The van der Waals surface area contributed by atoms with Crippen LogP contribution in [0.3, 0.4) is 0 Å². The molecule has 0 aromatic heterocycles. The van der Waals surface area contributed by atoms with Crippen molar-refractivity contribution in [2.75, 3.05) is 13.2 Å². The van der Waals surface area contributed by atoms with Gasteiger partial charge in [0.1, 0.15) is 0 Å². The van der Waals surface area contributed by atoms with Gasteiger partial charge in [-0.2, -0.15) is 0 Å². The largest absolute Gasteiger partial charge is 0.466 e. The predicted octanol–water partition coefficient (Wildman–Crippen LogP) is 2.56. The minimum absolute atomic E-state index is 0.0121. The summed E-state index contributed by atoms with van der Waals surface area (Å²) in [7, 11) is 0. The fourth-order valence-corrected chi connectivity index (χ4v) is 1.68. The van der Waals surface area contributed by atoms with Crippen molar-refractivity contribution in [2.24, 2.45) is 11.8 Å².